The molecule has 8 nitrogen and oxygen atoms in total. The molecule has 12 heteroatoms. The van der Waals surface area contributed by atoms with E-state index in [9.17, 15) is 27.7 Å². The lowest BCUT2D eigenvalue weighted by Crippen LogP contribution is -2.19. The van der Waals surface area contributed by atoms with Gasteiger partial charge in [0.2, 0.25) is 0 Å². The fraction of sp³-hybridized carbons (Fsp3) is 0.0455. The number of anilines is 2. The van der Waals surface area contributed by atoms with Crippen molar-refractivity contribution in [2.45, 2.75) is 6.18 Å². The Morgan fingerprint density at radius 1 is 0.971 bits per heavy atom. The van der Waals surface area contributed by atoms with E-state index in [2.05, 4.69) is 20.8 Å². The number of benzene rings is 2. The van der Waals surface area contributed by atoms with Gasteiger partial charge >= 0.3 is 18.1 Å². The first kappa shape index (κ1) is 24.4. The number of carbonyl (C=O) groups excluding carboxylic acids is 2. The minimum atomic E-state index is -4.66. The van der Waals surface area contributed by atoms with Crippen LogP contribution in [0.4, 0.5) is 29.3 Å². The topological polar surface area (TPSA) is 110 Å². The molecule has 1 aromatic heterocycles. The number of nitrogens with one attached hydrogen (secondary N) is 2. The molecule has 0 atom stereocenters. The molecule has 0 saturated heterocycles. The molecule has 3 rings (SSSR count). The summed E-state index contributed by atoms with van der Waals surface area (Å²) < 4.78 is 44.5. The van der Waals surface area contributed by atoms with E-state index in [0.717, 1.165) is 18.2 Å². The zero-order valence-corrected chi connectivity index (χ0v) is 17.7. The molecule has 0 aliphatic heterocycles. The van der Waals surface area contributed by atoms with Gasteiger partial charge in [-0.25, -0.2) is 4.79 Å². The summed E-state index contributed by atoms with van der Waals surface area (Å²) >= 11 is 5.57. The molecule has 174 valence electrons. The molecule has 34 heavy (non-hydrogen) atoms. The minimum Gasteiger partial charge on any atom is -0.457 e. The number of carbonyl (C=O) groups is 2. The molecular formula is C22H14ClF3N4O4. The van der Waals surface area contributed by atoms with E-state index in [0.29, 0.717) is 22.9 Å². The largest absolute Gasteiger partial charge is 0.457 e. The van der Waals surface area contributed by atoms with Gasteiger partial charge < -0.3 is 15.4 Å². The summed E-state index contributed by atoms with van der Waals surface area (Å²) in [4.78, 5) is 37.2. The van der Waals surface area contributed by atoms with Gasteiger partial charge in [-0.05, 0) is 54.6 Å². The van der Waals surface area contributed by atoms with Crippen LogP contribution in [-0.2, 0) is 11.0 Å². The Kier molecular flexibility index (Phi) is 7.59. The van der Waals surface area contributed by atoms with Gasteiger partial charge in [-0.2, -0.15) is 13.2 Å². The van der Waals surface area contributed by atoms with Crippen LogP contribution < -0.4 is 15.4 Å². The zero-order valence-electron chi connectivity index (χ0n) is 17.0. The number of pyridine rings is 1. The molecule has 0 bridgehead atoms. The maximum atomic E-state index is 13.0. The summed E-state index contributed by atoms with van der Waals surface area (Å²) in [5.41, 5.74) is -0.425. The van der Waals surface area contributed by atoms with Gasteiger partial charge in [0.1, 0.15) is 11.5 Å². The molecule has 0 aliphatic rings. The minimum absolute atomic E-state index is 0.0812. The highest BCUT2D eigenvalue weighted by Crippen LogP contribution is 2.36. The van der Waals surface area contributed by atoms with Crippen LogP contribution in [0.5, 0.6) is 11.5 Å². The lowest BCUT2D eigenvalue weighted by atomic mass is 10.2. The lowest BCUT2D eigenvalue weighted by molar-refractivity contribution is -0.137. The maximum absolute atomic E-state index is 13.0. The van der Waals surface area contributed by atoms with Gasteiger partial charge in [-0.3, -0.25) is 9.78 Å². The van der Waals surface area contributed by atoms with E-state index >= 15 is 0 Å². The van der Waals surface area contributed by atoms with Crippen molar-refractivity contribution in [3.05, 3.63) is 88.1 Å². The first-order valence-electron chi connectivity index (χ1n) is 9.38. The molecule has 2 N–H and O–H groups in total. The summed E-state index contributed by atoms with van der Waals surface area (Å²) in [5, 5.41) is 6.57. The smallest absolute Gasteiger partial charge is 0.417 e. The SMILES string of the molecule is O=NC(=O)/C=C/c1cc(Oc2ccc(NC(=O)Nc3ccc(Cl)c(C(F)(F)F)c3)cc2)ccn1. The quantitative estimate of drug-likeness (QED) is 0.303. The first-order chi connectivity index (χ1) is 16.1. The average Bonchev–Trinajstić information content (AvgIpc) is 2.79. The molecule has 0 saturated carbocycles. The van der Waals surface area contributed by atoms with Crippen molar-refractivity contribution >= 4 is 41.0 Å². The molecular weight excluding hydrogens is 477 g/mol. The molecule has 0 aliphatic carbocycles. The number of amides is 3. The van der Waals surface area contributed by atoms with E-state index < -0.39 is 28.7 Å². The van der Waals surface area contributed by atoms with E-state index in [1.807, 2.05) is 0 Å². The fourth-order valence-corrected chi connectivity index (χ4v) is 2.85. The second-order valence-corrected chi connectivity index (χ2v) is 6.98. The zero-order chi connectivity index (χ0) is 24.7. The highest BCUT2D eigenvalue weighted by molar-refractivity contribution is 6.31. The molecule has 2 aromatic carbocycles. The van der Waals surface area contributed by atoms with Crippen LogP contribution in [0.15, 0.2) is 72.0 Å². The van der Waals surface area contributed by atoms with Crippen molar-refractivity contribution in [1.29, 1.82) is 0 Å². The first-order valence-corrected chi connectivity index (χ1v) is 9.76. The molecule has 0 radical (unpaired) electrons. The Balaban J connectivity index is 1.61. The Bertz CT molecular complexity index is 1250. The van der Waals surface area contributed by atoms with Crippen LogP contribution in [0.25, 0.3) is 6.08 Å². The monoisotopic (exact) mass is 490 g/mol. The summed E-state index contributed by atoms with van der Waals surface area (Å²) in [5.74, 6) is -0.148. The number of hydrogen-bond donors (Lipinski definition) is 2. The normalized spacial score (nSPS) is 11.2. The van der Waals surface area contributed by atoms with Crippen LogP contribution in [0.1, 0.15) is 11.3 Å². The molecule has 3 amide bonds. The Morgan fingerprint density at radius 2 is 1.65 bits per heavy atom. The highest BCUT2D eigenvalue weighted by atomic mass is 35.5. The van der Waals surface area contributed by atoms with E-state index in [1.165, 1.54) is 36.5 Å². The number of urea groups is 1. The second kappa shape index (κ2) is 10.6. The average molecular weight is 491 g/mol. The van der Waals surface area contributed by atoms with Gasteiger partial charge in [-0.15, -0.1) is 4.91 Å². The van der Waals surface area contributed by atoms with Crippen molar-refractivity contribution < 1.29 is 27.5 Å². The van der Waals surface area contributed by atoms with E-state index in [4.69, 9.17) is 16.3 Å². The maximum Gasteiger partial charge on any atom is 0.417 e. The molecule has 3 aromatic rings. The lowest BCUT2D eigenvalue weighted by Gasteiger charge is -2.12. The Labute approximate surface area is 195 Å². The molecule has 1 heterocycles. The molecule has 0 unspecified atom stereocenters. The summed E-state index contributed by atoms with van der Waals surface area (Å²) in [7, 11) is 0. The third-order valence-electron chi connectivity index (χ3n) is 4.12. The third kappa shape index (κ3) is 6.87. The summed E-state index contributed by atoms with van der Waals surface area (Å²) in [6.07, 6.45) is -0.939. The molecule has 0 fully saturated rings. The Morgan fingerprint density at radius 3 is 2.32 bits per heavy atom. The standard InChI is InChI=1S/C22H14ClF3N4O4/c23-19-7-3-15(12-18(19)22(24,25)26)29-21(32)28-13-1-5-16(6-2-13)34-17-9-10-27-14(11-17)4-8-20(31)30-33/h1-12H,(H2,28,29,32)/b8-4+. The third-order valence-corrected chi connectivity index (χ3v) is 4.45. The predicted octanol–water partition coefficient (Wildman–Crippen LogP) is 6.50. The Hall–Kier alpha value is -4.25. The van der Waals surface area contributed by atoms with E-state index in [1.54, 1.807) is 18.2 Å². The van der Waals surface area contributed by atoms with Gasteiger partial charge in [0.15, 0.2) is 0 Å². The van der Waals surface area contributed by atoms with Crippen molar-refractivity contribution in [2.24, 2.45) is 5.18 Å². The second-order valence-electron chi connectivity index (χ2n) is 6.58. The number of hydrogen-bond acceptors (Lipinski definition) is 5. The number of alkyl halides is 3. The van der Waals surface area contributed by atoms with Crippen molar-refractivity contribution in [1.82, 2.24) is 4.98 Å². The fourth-order valence-electron chi connectivity index (χ4n) is 2.63. The number of aromatic nitrogens is 1. The number of halogens is 4. The van der Waals surface area contributed by atoms with Crippen molar-refractivity contribution in [3.63, 3.8) is 0 Å². The number of ether oxygens (including phenoxy) is 1. The summed E-state index contributed by atoms with van der Waals surface area (Å²) in [6.45, 7) is 0. The van der Waals surface area contributed by atoms with Crippen LogP contribution in [-0.4, -0.2) is 16.9 Å². The number of nitrogens with zero attached hydrogens (tertiary/aromatic N) is 2. The molecule has 0 spiro atoms. The van der Waals surface area contributed by atoms with Gasteiger partial charge in [0.25, 0.3) is 0 Å². The number of rotatable bonds is 6. The van der Waals surface area contributed by atoms with Gasteiger partial charge in [0.05, 0.1) is 16.3 Å². The van der Waals surface area contributed by atoms with E-state index in [-0.39, 0.29) is 5.69 Å². The van der Waals surface area contributed by atoms with Gasteiger partial charge in [-0.1, -0.05) is 11.6 Å². The highest BCUT2D eigenvalue weighted by Gasteiger charge is 2.33. The number of nitroso groups, excluding NO2 is 1. The van der Waals surface area contributed by atoms with Gasteiger partial charge in [0, 0.05) is 34.9 Å². The van der Waals surface area contributed by atoms with Crippen LogP contribution in [0.2, 0.25) is 5.02 Å². The van der Waals surface area contributed by atoms with Crippen molar-refractivity contribution in [2.75, 3.05) is 10.6 Å². The van der Waals surface area contributed by atoms with Crippen LogP contribution >= 0.6 is 11.6 Å². The predicted molar refractivity (Wildman–Crippen MR) is 120 cm³/mol. The van der Waals surface area contributed by atoms with Crippen LogP contribution in [0.3, 0.4) is 0 Å². The summed E-state index contributed by atoms with van der Waals surface area (Å²) in [6, 6.07) is 11.5. The van der Waals surface area contributed by atoms with Crippen LogP contribution in [0, 0.1) is 4.91 Å². The van der Waals surface area contributed by atoms with Crippen molar-refractivity contribution in [3.8, 4) is 11.5 Å².